The molecule has 150 valence electrons. The third kappa shape index (κ3) is 3.51. The molecule has 0 fully saturated rings. The van der Waals surface area contributed by atoms with E-state index in [0.29, 0.717) is 16.3 Å². The minimum Gasteiger partial charge on any atom is -0.451 e. The Hall–Kier alpha value is -4.41. The summed E-state index contributed by atoms with van der Waals surface area (Å²) in [5, 5.41) is 23.1. The molecule has 30 heavy (non-hydrogen) atoms. The largest absolute Gasteiger partial charge is 0.451 e. The van der Waals surface area contributed by atoms with Crippen molar-refractivity contribution in [2.75, 3.05) is 0 Å². The predicted molar refractivity (Wildman–Crippen MR) is 102 cm³/mol. The molecule has 4 rings (SSSR count). The van der Waals surface area contributed by atoms with Gasteiger partial charge < -0.3 is 9.15 Å². The molecule has 2 aromatic heterocycles. The van der Waals surface area contributed by atoms with Crippen LogP contribution in [-0.2, 0) is 18.4 Å². The van der Waals surface area contributed by atoms with Crippen molar-refractivity contribution in [2.45, 2.75) is 6.61 Å². The molecule has 2 aromatic carbocycles. The van der Waals surface area contributed by atoms with E-state index in [1.165, 1.54) is 31.3 Å². The second-order valence-corrected chi connectivity index (χ2v) is 6.20. The molecule has 11 nitrogen and oxygen atoms in total. The Labute approximate surface area is 167 Å². The Morgan fingerprint density at radius 1 is 1.13 bits per heavy atom. The Bertz CT molecular complexity index is 1330. The molecule has 0 atom stereocenters. The fourth-order valence-electron chi connectivity index (χ4n) is 2.80. The number of nitro benzene ring substituents is 1. The first-order valence-electron chi connectivity index (χ1n) is 8.64. The number of rotatable bonds is 5. The summed E-state index contributed by atoms with van der Waals surface area (Å²) in [5.74, 6) is -0.593. The molecule has 0 spiro atoms. The van der Waals surface area contributed by atoms with Gasteiger partial charge in [-0.1, -0.05) is 18.2 Å². The van der Waals surface area contributed by atoms with Crippen molar-refractivity contribution in [3.05, 3.63) is 80.6 Å². The number of esters is 1. The van der Waals surface area contributed by atoms with E-state index in [9.17, 15) is 19.7 Å². The van der Waals surface area contributed by atoms with Gasteiger partial charge in [-0.05, 0) is 18.2 Å². The van der Waals surface area contributed by atoms with Crippen LogP contribution < -0.4 is 5.56 Å². The number of non-ortho nitro benzene ring substituents is 1. The van der Waals surface area contributed by atoms with E-state index >= 15 is 0 Å². The minimum absolute atomic E-state index is 0.0113. The highest BCUT2D eigenvalue weighted by Gasteiger charge is 2.18. The lowest BCUT2D eigenvalue weighted by atomic mass is 10.1. The molecule has 0 aliphatic heterocycles. The molecule has 0 unspecified atom stereocenters. The zero-order valence-electron chi connectivity index (χ0n) is 15.5. The molecule has 0 bridgehead atoms. The van der Waals surface area contributed by atoms with Crippen LogP contribution in [-0.4, -0.2) is 30.9 Å². The fraction of sp³-hybridized carbons (Fsp3) is 0.105. The maximum Gasteiger partial charge on any atom is 0.359 e. The summed E-state index contributed by atoms with van der Waals surface area (Å²) in [4.78, 5) is 34.9. The van der Waals surface area contributed by atoms with Crippen LogP contribution in [0.4, 0.5) is 5.69 Å². The van der Waals surface area contributed by atoms with Crippen molar-refractivity contribution in [3.63, 3.8) is 0 Å². The number of carbonyl (C=O) groups is 1. The zero-order valence-corrected chi connectivity index (χ0v) is 15.5. The molecule has 2 heterocycles. The second kappa shape index (κ2) is 7.54. The SMILES string of the molecule is Cn1nc(C(=O)OCc2nnc(-c3ccc([N+](=O)[O-])cc3)o2)c2ccccc2c1=O. The quantitative estimate of drug-likeness (QED) is 0.276. The zero-order chi connectivity index (χ0) is 21.3. The van der Waals surface area contributed by atoms with Crippen LogP contribution in [0.25, 0.3) is 22.2 Å². The molecule has 4 aromatic rings. The maximum absolute atomic E-state index is 12.5. The van der Waals surface area contributed by atoms with Crippen LogP contribution in [0, 0.1) is 10.1 Å². The first-order chi connectivity index (χ1) is 14.4. The number of hydrogen-bond donors (Lipinski definition) is 0. The predicted octanol–water partition coefficient (Wildman–Crippen LogP) is 2.25. The topological polar surface area (TPSA) is 143 Å². The average Bonchev–Trinajstić information content (AvgIpc) is 3.24. The van der Waals surface area contributed by atoms with Crippen molar-refractivity contribution in [3.8, 4) is 11.5 Å². The van der Waals surface area contributed by atoms with Gasteiger partial charge in [-0.3, -0.25) is 14.9 Å². The average molecular weight is 407 g/mol. The standard InChI is InChI=1S/C19H13N5O6/c1-23-18(25)14-5-3-2-4-13(14)16(22-23)19(26)29-10-15-20-21-17(30-15)11-6-8-12(9-7-11)24(27)28/h2-9H,10H2,1H3. The van der Waals surface area contributed by atoms with E-state index < -0.39 is 10.9 Å². The molecule has 0 saturated heterocycles. The highest BCUT2D eigenvalue weighted by molar-refractivity contribution is 6.02. The highest BCUT2D eigenvalue weighted by Crippen LogP contribution is 2.21. The van der Waals surface area contributed by atoms with Crippen molar-refractivity contribution in [1.29, 1.82) is 0 Å². The summed E-state index contributed by atoms with van der Waals surface area (Å²) in [5.41, 5.74) is 0.0791. The number of carbonyl (C=O) groups excluding carboxylic acids is 1. The van der Waals surface area contributed by atoms with Crippen LogP contribution >= 0.6 is 0 Å². The molecular weight excluding hydrogens is 394 g/mol. The van der Waals surface area contributed by atoms with E-state index in [1.807, 2.05) is 0 Å². The third-order valence-electron chi connectivity index (χ3n) is 4.27. The number of aromatic nitrogens is 4. The second-order valence-electron chi connectivity index (χ2n) is 6.20. The first-order valence-corrected chi connectivity index (χ1v) is 8.64. The molecule has 0 N–H and O–H groups in total. The molecule has 0 aliphatic carbocycles. The number of nitro groups is 1. The van der Waals surface area contributed by atoms with Gasteiger partial charge in [0.25, 0.3) is 17.1 Å². The monoisotopic (exact) mass is 407 g/mol. The normalized spacial score (nSPS) is 10.8. The third-order valence-corrected chi connectivity index (χ3v) is 4.27. The van der Waals surface area contributed by atoms with Gasteiger partial charge in [0.1, 0.15) is 0 Å². The lowest BCUT2D eigenvalue weighted by Gasteiger charge is -2.07. The van der Waals surface area contributed by atoms with E-state index in [0.717, 1.165) is 4.68 Å². The summed E-state index contributed by atoms with van der Waals surface area (Å²) in [7, 11) is 1.44. The number of fused-ring (bicyclic) bond motifs is 1. The van der Waals surface area contributed by atoms with Crippen molar-refractivity contribution in [2.24, 2.45) is 7.05 Å². The Morgan fingerprint density at radius 3 is 2.53 bits per heavy atom. The van der Waals surface area contributed by atoms with Gasteiger partial charge in [0.2, 0.25) is 5.89 Å². The van der Waals surface area contributed by atoms with E-state index in [2.05, 4.69) is 15.3 Å². The van der Waals surface area contributed by atoms with Crippen molar-refractivity contribution >= 4 is 22.4 Å². The van der Waals surface area contributed by atoms with Crippen molar-refractivity contribution < 1.29 is 18.9 Å². The molecule has 11 heteroatoms. The number of ether oxygens (including phenoxy) is 1. The summed E-state index contributed by atoms with van der Waals surface area (Å²) in [6, 6.07) is 12.2. The highest BCUT2D eigenvalue weighted by atomic mass is 16.6. The number of aryl methyl sites for hydroxylation is 1. The molecule has 0 radical (unpaired) electrons. The summed E-state index contributed by atoms with van der Waals surface area (Å²) in [6.07, 6.45) is 0. The van der Waals surface area contributed by atoms with Crippen LogP contribution in [0.5, 0.6) is 0 Å². The number of hydrogen-bond acceptors (Lipinski definition) is 9. The maximum atomic E-state index is 12.5. The smallest absolute Gasteiger partial charge is 0.359 e. The first kappa shape index (κ1) is 18.9. The van der Waals surface area contributed by atoms with Gasteiger partial charge in [0.15, 0.2) is 12.3 Å². The van der Waals surface area contributed by atoms with Gasteiger partial charge in [-0.25, -0.2) is 9.48 Å². The Kier molecular flexibility index (Phi) is 4.76. The van der Waals surface area contributed by atoms with Crippen LogP contribution in [0.3, 0.4) is 0 Å². The molecule has 0 saturated carbocycles. The summed E-state index contributed by atoms with van der Waals surface area (Å²) < 4.78 is 11.7. The summed E-state index contributed by atoms with van der Waals surface area (Å²) in [6.45, 7) is -0.308. The van der Waals surface area contributed by atoms with Gasteiger partial charge in [0, 0.05) is 30.1 Å². The van der Waals surface area contributed by atoms with E-state index in [1.54, 1.807) is 24.3 Å². The molecule has 0 amide bonds. The lowest BCUT2D eigenvalue weighted by Crippen LogP contribution is -2.23. The summed E-state index contributed by atoms with van der Waals surface area (Å²) >= 11 is 0. The Morgan fingerprint density at radius 2 is 1.83 bits per heavy atom. The van der Waals surface area contributed by atoms with Crippen molar-refractivity contribution in [1.82, 2.24) is 20.0 Å². The minimum atomic E-state index is -0.753. The van der Waals surface area contributed by atoms with Gasteiger partial charge in [-0.15, -0.1) is 10.2 Å². The van der Waals surface area contributed by atoms with Gasteiger partial charge >= 0.3 is 5.97 Å². The van der Waals surface area contributed by atoms with Crippen LogP contribution in [0.15, 0.2) is 57.7 Å². The molecular formula is C19H13N5O6. The van der Waals surface area contributed by atoms with E-state index in [-0.39, 0.29) is 35.3 Å². The number of benzene rings is 2. The Balaban J connectivity index is 1.52. The van der Waals surface area contributed by atoms with Crippen LogP contribution in [0.2, 0.25) is 0 Å². The van der Waals surface area contributed by atoms with Gasteiger partial charge in [0.05, 0.1) is 10.3 Å². The van der Waals surface area contributed by atoms with Crippen LogP contribution in [0.1, 0.15) is 16.4 Å². The number of nitrogens with zero attached hydrogens (tertiary/aromatic N) is 5. The molecule has 0 aliphatic rings. The lowest BCUT2D eigenvalue weighted by molar-refractivity contribution is -0.384. The fourth-order valence-corrected chi connectivity index (χ4v) is 2.80. The van der Waals surface area contributed by atoms with Gasteiger partial charge in [-0.2, -0.15) is 5.10 Å². The van der Waals surface area contributed by atoms with E-state index in [4.69, 9.17) is 9.15 Å².